The molecule has 7 heteroatoms. The number of aliphatic hydroxyl groups is 1. The van der Waals surface area contributed by atoms with E-state index in [9.17, 15) is 4.39 Å². The van der Waals surface area contributed by atoms with Gasteiger partial charge < -0.3 is 25.2 Å². The molecule has 5 nitrogen and oxygen atoms in total. The van der Waals surface area contributed by atoms with Crippen molar-refractivity contribution in [3.63, 3.8) is 0 Å². The van der Waals surface area contributed by atoms with Crippen LogP contribution in [0.5, 0.6) is 11.5 Å². The number of ether oxygens (including phenoxy) is 2. The van der Waals surface area contributed by atoms with Crippen LogP contribution < -0.4 is 20.1 Å². The van der Waals surface area contributed by atoms with Crippen LogP contribution in [0, 0.1) is 5.82 Å². The Hall–Kier alpha value is -1.86. The van der Waals surface area contributed by atoms with E-state index in [1.54, 1.807) is 31.4 Å². The highest BCUT2D eigenvalue weighted by Crippen LogP contribution is 2.34. The zero-order valence-corrected chi connectivity index (χ0v) is 15.5. The van der Waals surface area contributed by atoms with Crippen LogP contribution >= 0.6 is 11.6 Å². The third-order valence-electron chi connectivity index (χ3n) is 3.76. The van der Waals surface area contributed by atoms with Gasteiger partial charge in [-0.15, -0.1) is 0 Å². The molecular weight excluding hydrogens is 359 g/mol. The number of methoxy groups -OCH3 is 1. The molecule has 0 aliphatic heterocycles. The first-order chi connectivity index (χ1) is 12.7. The fraction of sp³-hybridized carbons (Fsp3) is 0.368. The molecule has 0 aliphatic rings. The summed E-state index contributed by atoms with van der Waals surface area (Å²) in [4.78, 5) is 0. The van der Waals surface area contributed by atoms with Gasteiger partial charge in [0.15, 0.2) is 11.5 Å². The van der Waals surface area contributed by atoms with Crippen LogP contribution in [0.25, 0.3) is 0 Å². The molecule has 0 fully saturated rings. The van der Waals surface area contributed by atoms with Gasteiger partial charge in [0.25, 0.3) is 0 Å². The van der Waals surface area contributed by atoms with Gasteiger partial charge >= 0.3 is 0 Å². The lowest BCUT2D eigenvalue weighted by Crippen LogP contribution is -2.28. The van der Waals surface area contributed by atoms with Gasteiger partial charge in [-0.3, -0.25) is 0 Å². The van der Waals surface area contributed by atoms with Gasteiger partial charge in [-0.2, -0.15) is 0 Å². The van der Waals surface area contributed by atoms with Crippen LogP contribution in [0.1, 0.15) is 11.1 Å². The van der Waals surface area contributed by atoms with Crippen molar-refractivity contribution in [2.45, 2.75) is 13.2 Å². The maximum atomic E-state index is 13.7. The van der Waals surface area contributed by atoms with Crippen molar-refractivity contribution in [3.8, 4) is 11.5 Å². The Kier molecular flexibility index (Phi) is 8.64. The van der Waals surface area contributed by atoms with Crippen LogP contribution in [0.15, 0.2) is 36.4 Å². The van der Waals surface area contributed by atoms with Gasteiger partial charge in [0.1, 0.15) is 12.4 Å². The van der Waals surface area contributed by atoms with E-state index in [4.69, 9.17) is 26.2 Å². The average molecular weight is 383 g/mol. The first-order valence-electron chi connectivity index (χ1n) is 8.40. The summed E-state index contributed by atoms with van der Waals surface area (Å²) in [6, 6.07) is 9.96. The molecule has 2 aromatic rings. The zero-order valence-electron chi connectivity index (χ0n) is 14.7. The molecule has 0 aliphatic carbocycles. The largest absolute Gasteiger partial charge is 0.493 e. The van der Waals surface area contributed by atoms with Crippen molar-refractivity contribution in [1.82, 2.24) is 10.6 Å². The highest BCUT2D eigenvalue weighted by molar-refractivity contribution is 6.31. The zero-order chi connectivity index (χ0) is 18.8. The molecule has 0 spiro atoms. The van der Waals surface area contributed by atoms with E-state index in [0.29, 0.717) is 35.2 Å². The predicted molar refractivity (Wildman–Crippen MR) is 100 cm³/mol. The van der Waals surface area contributed by atoms with E-state index in [1.165, 1.54) is 6.07 Å². The number of benzene rings is 2. The molecule has 2 aromatic carbocycles. The first-order valence-corrected chi connectivity index (χ1v) is 8.78. The summed E-state index contributed by atoms with van der Waals surface area (Å²) in [6.07, 6.45) is 0. The molecule has 0 heterocycles. The molecule has 0 saturated carbocycles. The minimum Gasteiger partial charge on any atom is -0.493 e. The normalized spacial score (nSPS) is 10.8. The van der Waals surface area contributed by atoms with Crippen LogP contribution in [-0.2, 0) is 13.2 Å². The van der Waals surface area contributed by atoms with Gasteiger partial charge in [0.2, 0.25) is 0 Å². The minimum atomic E-state index is -0.312. The number of hydrogen-bond donors (Lipinski definition) is 3. The van der Waals surface area contributed by atoms with Crippen LogP contribution in [-0.4, -0.2) is 38.5 Å². The lowest BCUT2D eigenvalue weighted by molar-refractivity contribution is 0.279. The minimum absolute atomic E-state index is 0.0908. The van der Waals surface area contributed by atoms with Gasteiger partial charge in [0, 0.05) is 42.8 Å². The van der Waals surface area contributed by atoms with Crippen molar-refractivity contribution >= 4 is 11.6 Å². The fourth-order valence-corrected chi connectivity index (χ4v) is 2.58. The summed E-state index contributed by atoms with van der Waals surface area (Å²) in [5, 5.41) is 15.6. The molecule has 0 bridgehead atoms. The van der Waals surface area contributed by atoms with Crippen LogP contribution in [0.2, 0.25) is 5.02 Å². The summed E-state index contributed by atoms with van der Waals surface area (Å²) in [6.45, 7) is 2.85. The number of hydrogen-bond acceptors (Lipinski definition) is 5. The molecule has 26 heavy (non-hydrogen) atoms. The molecule has 0 saturated heterocycles. The molecule has 0 unspecified atom stereocenters. The molecule has 142 valence electrons. The van der Waals surface area contributed by atoms with Crippen molar-refractivity contribution in [1.29, 1.82) is 0 Å². The monoisotopic (exact) mass is 382 g/mol. The second-order valence-corrected chi connectivity index (χ2v) is 6.03. The van der Waals surface area contributed by atoms with Crippen molar-refractivity contribution in [2.75, 3.05) is 33.4 Å². The van der Waals surface area contributed by atoms with Crippen molar-refractivity contribution < 1.29 is 19.0 Å². The molecule has 0 radical (unpaired) electrons. The SMILES string of the molecule is COc1cc(CNCCNCCO)c(Cl)cc1OCc1ccccc1F. The first kappa shape index (κ1) is 20.5. The second-order valence-electron chi connectivity index (χ2n) is 5.62. The standard InChI is InChI=1S/C19H24ClFN2O3/c1-25-18-10-15(12-23-7-6-22-8-9-24)16(20)11-19(18)26-13-14-4-2-3-5-17(14)21/h2-5,10-11,22-24H,6-9,12-13H2,1H3. The Morgan fingerprint density at radius 1 is 1.04 bits per heavy atom. The molecule has 0 amide bonds. The van der Waals surface area contributed by atoms with Gasteiger partial charge in [-0.25, -0.2) is 4.39 Å². The van der Waals surface area contributed by atoms with Crippen molar-refractivity contribution in [3.05, 3.63) is 58.4 Å². The van der Waals surface area contributed by atoms with Gasteiger partial charge in [-0.05, 0) is 17.7 Å². The van der Waals surface area contributed by atoms with Crippen molar-refractivity contribution in [2.24, 2.45) is 0 Å². The number of halogens is 2. The Bertz CT molecular complexity index is 700. The summed E-state index contributed by atoms with van der Waals surface area (Å²) in [5.41, 5.74) is 1.34. The summed E-state index contributed by atoms with van der Waals surface area (Å²) < 4.78 is 24.8. The molecule has 2 rings (SSSR count). The van der Waals surface area contributed by atoms with E-state index in [1.807, 2.05) is 6.07 Å². The summed E-state index contributed by atoms with van der Waals surface area (Å²) in [7, 11) is 1.55. The van der Waals surface area contributed by atoms with E-state index in [2.05, 4.69) is 10.6 Å². The topological polar surface area (TPSA) is 62.8 Å². The predicted octanol–water partition coefficient (Wildman–Crippen LogP) is 2.74. The average Bonchev–Trinajstić information content (AvgIpc) is 2.65. The quantitative estimate of drug-likeness (QED) is 0.522. The van der Waals surface area contributed by atoms with E-state index in [0.717, 1.165) is 18.7 Å². The summed E-state index contributed by atoms with van der Waals surface area (Å²) >= 11 is 6.34. The third-order valence-corrected chi connectivity index (χ3v) is 4.11. The van der Waals surface area contributed by atoms with Crippen LogP contribution in [0.3, 0.4) is 0 Å². The Morgan fingerprint density at radius 3 is 2.54 bits per heavy atom. The molecule has 3 N–H and O–H groups in total. The highest BCUT2D eigenvalue weighted by atomic mass is 35.5. The number of aliphatic hydroxyl groups excluding tert-OH is 1. The second kappa shape index (κ2) is 11.0. The van der Waals surface area contributed by atoms with Crippen LogP contribution in [0.4, 0.5) is 4.39 Å². The Labute approximate surface area is 158 Å². The number of rotatable bonds is 11. The third kappa shape index (κ3) is 6.14. The van der Waals surface area contributed by atoms with Gasteiger partial charge in [0.05, 0.1) is 13.7 Å². The van der Waals surface area contributed by atoms with E-state index < -0.39 is 0 Å². The fourth-order valence-electron chi connectivity index (χ4n) is 2.36. The number of nitrogens with one attached hydrogen (secondary N) is 2. The lowest BCUT2D eigenvalue weighted by atomic mass is 10.2. The Morgan fingerprint density at radius 2 is 1.81 bits per heavy atom. The molecule has 0 atom stereocenters. The maximum Gasteiger partial charge on any atom is 0.163 e. The Balaban J connectivity index is 1.96. The smallest absolute Gasteiger partial charge is 0.163 e. The van der Waals surface area contributed by atoms with E-state index >= 15 is 0 Å². The molecule has 0 aromatic heterocycles. The lowest BCUT2D eigenvalue weighted by Gasteiger charge is -2.14. The highest BCUT2D eigenvalue weighted by Gasteiger charge is 2.12. The molecular formula is C19H24ClFN2O3. The van der Waals surface area contributed by atoms with E-state index in [-0.39, 0.29) is 19.0 Å². The van der Waals surface area contributed by atoms with Gasteiger partial charge in [-0.1, -0.05) is 29.8 Å². The summed E-state index contributed by atoms with van der Waals surface area (Å²) in [5.74, 6) is 0.697. The maximum absolute atomic E-state index is 13.7.